The summed E-state index contributed by atoms with van der Waals surface area (Å²) < 4.78 is 7.01. The molecule has 2 aliphatic heterocycles. The number of fused-ring (bicyclic) bond motifs is 4. The normalized spacial score (nSPS) is 29.0. The zero-order chi connectivity index (χ0) is 18.4. The molecule has 1 aliphatic carbocycles. The van der Waals surface area contributed by atoms with E-state index in [-0.39, 0.29) is 12.0 Å². The Labute approximate surface area is 160 Å². The van der Waals surface area contributed by atoms with Gasteiger partial charge in [-0.05, 0) is 43.9 Å². The average molecular weight is 422 g/mol. The summed E-state index contributed by atoms with van der Waals surface area (Å²) in [5, 5.41) is 24.0. The van der Waals surface area contributed by atoms with Crippen molar-refractivity contribution in [3.8, 4) is 0 Å². The highest BCUT2D eigenvalue weighted by atomic mass is 79.9. The zero-order valence-corrected chi connectivity index (χ0v) is 16.1. The molecular weight excluding hydrogens is 398 g/mol. The first kappa shape index (κ1) is 18.0. The Kier molecular flexibility index (Phi) is 4.59. The van der Waals surface area contributed by atoms with Gasteiger partial charge < -0.3 is 26.0 Å². The standard InChI is InChI=1S/C19H24BrN3O3/c20-12-1-2-13-14(8-17(21)23-15(13)7-12)22-10-18-3-5-19(6-4-18,26-11-18)16(25)9-24/h1-2,7-8,16,24-25H,3-6,9-11H2,(H3,21,22,23). The number of ether oxygens (including phenoxy) is 1. The Bertz CT molecular complexity index is 799. The van der Waals surface area contributed by atoms with Gasteiger partial charge in [-0.25, -0.2) is 4.98 Å². The fourth-order valence-electron chi connectivity index (χ4n) is 4.26. The van der Waals surface area contributed by atoms with Gasteiger partial charge in [-0.15, -0.1) is 0 Å². The van der Waals surface area contributed by atoms with E-state index in [0.717, 1.165) is 53.3 Å². The molecule has 1 atom stereocenters. The Morgan fingerprint density at radius 2 is 2.04 bits per heavy atom. The van der Waals surface area contributed by atoms with Crippen LogP contribution in [0.5, 0.6) is 0 Å². The second-order valence-electron chi connectivity index (χ2n) is 7.66. The van der Waals surface area contributed by atoms with E-state index >= 15 is 0 Å². The van der Waals surface area contributed by atoms with Crippen molar-refractivity contribution in [2.24, 2.45) is 5.41 Å². The molecule has 6 nitrogen and oxygen atoms in total. The minimum atomic E-state index is -0.795. The first-order valence-corrected chi connectivity index (χ1v) is 9.77. The van der Waals surface area contributed by atoms with Crippen molar-refractivity contribution < 1.29 is 14.9 Å². The minimum absolute atomic E-state index is 0.0522. The van der Waals surface area contributed by atoms with Gasteiger partial charge in [0.15, 0.2) is 0 Å². The first-order valence-electron chi connectivity index (χ1n) is 8.98. The molecule has 1 saturated carbocycles. The fraction of sp³-hybridized carbons (Fsp3) is 0.526. The predicted molar refractivity (Wildman–Crippen MR) is 105 cm³/mol. The molecule has 1 unspecified atom stereocenters. The number of benzene rings is 1. The maximum atomic E-state index is 10.1. The van der Waals surface area contributed by atoms with Crippen LogP contribution < -0.4 is 11.1 Å². The summed E-state index contributed by atoms with van der Waals surface area (Å²) in [5.41, 5.74) is 7.31. The molecule has 1 aromatic carbocycles. The summed E-state index contributed by atoms with van der Waals surface area (Å²) >= 11 is 3.47. The molecule has 1 aromatic heterocycles. The quantitative estimate of drug-likeness (QED) is 0.591. The van der Waals surface area contributed by atoms with Crippen LogP contribution in [-0.2, 0) is 4.74 Å². The zero-order valence-electron chi connectivity index (χ0n) is 14.5. The van der Waals surface area contributed by atoms with E-state index in [2.05, 4.69) is 26.2 Å². The summed E-state index contributed by atoms with van der Waals surface area (Å²) in [4.78, 5) is 4.41. The number of aromatic nitrogens is 1. The summed E-state index contributed by atoms with van der Waals surface area (Å²) in [6.45, 7) is 1.14. The van der Waals surface area contributed by atoms with E-state index in [4.69, 9.17) is 10.5 Å². The summed E-state index contributed by atoms with van der Waals surface area (Å²) in [6.07, 6.45) is 2.71. The van der Waals surface area contributed by atoms with Crippen LogP contribution in [0.1, 0.15) is 25.7 Å². The molecule has 0 spiro atoms. The van der Waals surface area contributed by atoms with Gasteiger partial charge in [-0.1, -0.05) is 15.9 Å². The monoisotopic (exact) mass is 421 g/mol. The number of aliphatic hydroxyl groups excluding tert-OH is 2. The van der Waals surface area contributed by atoms with Gasteiger partial charge in [0.25, 0.3) is 0 Å². The largest absolute Gasteiger partial charge is 0.394 e. The Balaban J connectivity index is 1.51. The molecule has 2 bridgehead atoms. The van der Waals surface area contributed by atoms with E-state index in [0.29, 0.717) is 12.4 Å². The van der Waals surface area contributed by atoms with Crippen molar-refractivity contribution >= 4 is 38.3 Å². The molecule has 2 aromatic rings. The first-order chi connectivity index (χ1) is 12.5. The molecule has 140 valence electrons. The van der Waals surface area contributed by atoms with Crippen molar-refractivity contribution in [2.75, 3.05) is 30.8 Å². The van der Waals surface area contributed by atoms with Gasteiger partial charge in [0.05, 0.1) is 24.3 Å². The number of nitrogens with zero attached hydrogens (tertiary/aromatic N) is 1. The predicted octanol–water partition coefficient (Wildman–Crippen LogP) is 2.67. The summed E-state index contributed by atoms with van der Waals surface area (Å²) in [7, 11) is 0. The van der Waals surface area contributed by atoms with Crippen LogP contribution in [0, 0.1) is 5.41 Å². The highest BCUT2D eigenvalue weighted by Crippen LogP contribution is 2.50. The number of halogens is 1. The van der Waals surface area contributed by atoms with Crippen molar-refractivity contribution in [1.29, 1.82) is 0 Å². The molecular formula is C19H24BrN3O3. The van der Waals surface area contributed by atoms with E-state index in [1.54, 1.807) is 0 Å². The molecule has 3 fully saturated rings. The van der Waals surface area contributed by atoms with Crippen LogP contribution in [-0.4, -0.2) is 46.7 Å². The Morgan fingerprint density at radius 1 is 1.27 bits per heavy atom. The third-order valence-corrected chi connectivity index (χ3v) is 6.54. The van der Waals surface area contributed by atoms with Crippen LogP contribution in [0.15, 0.2) is 28.7 Å². The van der Waals surface area contributed by atoms with Gasteiger partial charge in [0.1, 0.15) is 11.9 Å². The van der Waals surface area contributed by atoms with E-state index in [1.165, 1.54) is 0 Å². The van der Waals surface area contributed by atoms with E-state index in [9.17, 15) is 10.2 Å². The third-order valence-electron chi connectivity index (χ3n) is 6.05. The average Bonchev–Trinajstić information content (AvgIpc) is 2.66. The number of anilines is 2. The van der Waals surface area contributed by atoms with Gasteiger partial charge in [-0.3, -0.25) is 0 Å². The topological polar surface area (TPSA) is 101 Å². The van der Waals surface area contributed by atoms with Crippen LogP contribution in [0.2, 0.25) is 0 Å². The third kappa shape index (κ3) is 3.07. The van der Waals surface area contributed by atoms with Crippen molar-refractivity contribution in [2.45, 2.75) is 37.4 Å². The van der Waals surface area contributed by atoms with Crippen molar-refractivity contribution in [3.63, 3.8) is 0 Å². The molecule has 7 heteroatoms. The van der Waals surface area contributed by atoms with Crippen LogP contribution in [0.4, 0.5) is 11.5 Å². The highest BCUT2D eigenvalue weighted by Gasteiger charge is 2.52. The maximum absolute atomic E-state index is 10.1. The highest BCUT2D eigenvalue weighted by molar-refractivity contribution is 9.10. The number of rotatable bonds is 5. The number of nitrogen functional groups attached to an aromatic ring is 1. The second-order valence-corrected chi connectivity index (χ2v) is 8.58. The van der Waals surface area contributed by atoms with E-state index < -0.39 is 11.7 Å². The number of pyridine rings is 1. The van der Waals surface area contributed by atoms with E-state index in [1.807, 2.05) is 24.3 Å². The molecule has 5 N–H and O–H groups in total. The van der Waals surface area contributed by atoms with Gasteiger partial charge in [0.2, 0.25) is 0 Å². The van der Waals surface area contributed by atoms with Crippen LogP contribution in [0.3, 0.4) is 0 Å². The number of hydrogen-bond donors (Lipinski definition) is 4. The number of aliphatic hydroxyl groups is 2. The van der Waals surface area contributed by atoms with Crippen LogP contribution in [0.25, 0.3) is 10.9 Å². The number of nitrogens with one attached hydrogen (secondary N) is 1. The summed E-state index contributed by atoms with van der Waals surface area (Å²) in [5.74, 6) is 0.490. The molecule has 0 radical (unpaired) electrons. The van der Waals surface area contributed by atoms with Crippen molar-refractivity contribution in [1.82, 2.24) is 4.98 Å². The lowest BCUT2D eigenvalue weighted by Gasteiger charge is -2.54. The van der Waals surface area contributed by atoms with Crippen molar-refractivity contribution in [3.05, 3.63) is 28.7 Å². The molecule has 0 amide bonds. The van der Waals surface area contributed by atoms with Gasteiger partial charge in [-0.2, -0.15) is 0 Å². The van der Waals surface area contributed by atoms with Gasteiger partial charge >= 0.3 is 0 Å². The summed E-state index contributed by atoms with van der Waals surface area (Å²) in [6, 6.07) is 7.87. The molecule has 2 saturated heterocycles. The Hall–Kier alpha value is -1.41. The molecule has 26 heavy (non-hydrogen) atoms. The lowest BCUT2D eigenvalue weighted by molar-refractivity contribution is -0.227. The lowest BCUT2D eigenvalue weighted by atomic mass is 9.64. The van der Waals surface area contributed by atoms with Crippen LogP contribution >= 0.6 is 15.9 Å². The molecule has 3 aliphatic rings. The second kappa shape index (κ2) is 6.64. The molecule has 5 rings (SSSR count). The number of nitrogens with two attached hydrogens (primary N) is 1. The number of hydrogen-bond acceptors (Lipinski definition) is 6. The molecule has 3 heterocycles. The smallest absolute Gasteiger partial charge is 0.126 e. The minimum Gasteiger partial charge on any atom is -0.394 e. The lowest BCUT2D eigenvalue weighted by Crippen LogP contribution is -2.59. The fourth-order valence-corrected chi connectivity index (χ4v) is 4.61. The van der Waals surface area contributed by atoms with Gasteiger partial charge in [0, 0.05) is 33.6 Å². The Morgan fingerprint density at radius 3 is 2.69 bits per heavy atom. The SMILES string of the molecule is Nc1cc(NCC23CCC(C(O)CO)(CC2)OC3)c2ccc(Br)cc2n1. The maximum Gasteiger partial charge on any atom is 0.126 e.